The minimum atomic E-state index is -3.48. The van der Waals surface area contributed by atoms with Crippen molar-refractivity contribution >= 4 is 37.3 Å². The summed E-state index contributed by atoms with van der Waals surface area (Å²) in [6.07, 6.45) is 2.59. The summed E-state index contributed by atoms with van der Waals surface area (Å²) in [5.74, 6) is -0.172. The third-order valence-corrected chi connectivity index (χ3v) is 6.76. The molecule has 2 rings (SSSR count). The first-order valence-electron chi connectivity index (χ1n) is 8.53. The normalized spacial score (nSPS) is 18.3. The van der Waals surface area contributed by atoms with E-state index in [1.165, 1.54) is 29.6 Å². The summed E-state index contributed by atoms with van der Waals surface area (Å²) < 4.78 is 56.2. The van der Waals surface area contributed by atoms with Crippen LogP contribution >= 0.6 is 0 Å². The van der Waals surface area contributed by atoms with Crippen LogP contribution in [0, 0.1) is 0 Å². The van der Waals surface area contributed by atoms with Crippen LogP contribution in [-0.4, -0.2) is 58.8 Å². The second kappa shape index (κ2) is 8.44. The van der Waals surface area contributed by atoms with Gasteiger partial charge in [-0.3, -0.25) is 9.52 Å². The highest BCUT2D eigenvalue weighted by atomic mass is 32.2. The van der Waals surface area contributed by atoms with Crippen LogP contribution in [-0.2, 0) is 24.8 Å². The molecule has 11 heteroatoms. The first-order chi connectivity index (χ1) is 12.6. The summed E-state index contributed by atoms with van der Waals surface area (Å²) in [6, 6.07) is 3.72. The number of hydrogen-bond acceptors (Lipinski definition) is 6. The highest BCUT2D eigenvalue weighted by Gasteiger charge is 2.38. The van der Waals surface area contributed by atoms with Gasteiger partial charge in [0.2, 0.25) is 26.0 Å². The van der Waals surface area contributed by atoms with E-state index >= 15 is 0 Å². The number of amides is 1. The van der Waals surface area contributed by atoms with Gasteiger partial charge in [-0.25, -0.2) is 16.8 Å². The van der Waals surface area contributed by atoms with E-state index in [0.29, 0.717) is 31.5 Å². The summed E-state index contributed by atoms with van der Waals surface area (Å²) in [6.45, 7) is 2.11. The lowest BCUT2D eigenvalue weighted by Crippen LogP contribution is -2.44. The van der Waals surface area contributed by atoms with Crippen molar-refractivity contribution in [1.82, 2.24) is 4.31 Å². The maximum Gasteiger partial charge on any atom is 0.242 e. The van der Waals surface area contributed by atoms with Crippen molar-refractivity contribution in [2.45, 2.75) is 32.2 Å². The molecule has 0 spiro atoms. The fourth-order valence-corrected chi connectivity index (χ4v) is 5.30. The molecule has 1 aromatic carbocycles. The summed E-state index contributed by atoms with van der Waals surface area (Å²) in [5, 5.41) is 2.69. The molecule has 1 saturated heterocycles. The van der Waals surface area contributed by atoms with Crippen LogP contribution in [0.2, 0.25) is 0 Å². The molecule has 0 aliphatic carbocycles. The van der Waals surface area contributed by atoms with Crippen LogP contribution in [0.25, 0.3) is 0 Å². The van der Waals surface area contributed by atoms with Crippen molar-refractivity contribution in [3.05, 3.63) is 18.2 Å². The minimum Gasteiger partial charge on any atom is -0.494 e. The van der Waals surface area contributed by atoms with Crippen molar-refractivity contribution in [3.8, 4) is 5.75 Å². The maximum absolute atomic E-state index is 12.6. The lowest BCUT2D eigenvalue weighted by atomic mass is 10.2. The zero-order valence-corrected chi connectivity index (χ0v) is 17.2. The maximum atomic E-state index is 12.6. The SMILES string of the molecule is CCCS(=O)(=O)N1CCCC1C(=O)Nc1ccc(NS(C)(=O)=O)c(OC)c1. The molecule has 1 aromatic rings. The van der Waals surface area contributed by atoms with Gasteiger partial charge >= 0.3 is 0 Å². The molecule has 152 valence electrons. The molecule has 0 aromatic heterocycles. The average Bonchev–Trinajstić information content (AvgIpc) is 3.05. The standard InChI is InChI=1S/C16H25N3O6S2/c1-4-10-27(23,24)19-9-5-6-14(19)16(20)17-12-7-8-13(15(11-12)25-2)18-26(3,21)22/h7-8,11,14,18H,4-6,9-10H2,1-3H3,(H,17,20). The van der Waals surface area contributed by atoms with Gasteiger partial charge in [-0.05, 0) is 31.4 Å². The number of nitrogens with zero attached hydrogens (tertiary/aromatic N) is 1. The highest BCUT2D eigenvalue weighted by Crippen LogP contribution is 2.29. The monoisotopic (exact) mass is 419 g/mol. The van der Waals surface area contributed by atoms with E-state index in [9.17, 15) is 21.6 Å². The molecule has 9 nitrogen and oxygen atoms in total. The number of carbonyl (C=O) groups excluding carboxylic acids is 1. The van der Waals surface area contributed by atoms with Gasteiger partial charge in [0.1, 0.15) is 11.8 Å². The Kier molecular flexibility index (Phi) is 6.71. The van der Waals surface area contributed by atoms with Gasteiger partial charge in [0.15, 0.2) is 0 Å². The van der Waals surface area contributed by atoms with Gasteiger partial charge in [0.25, 0.3) is 0 Å². The average molecular weight is 420 g/mol. The fourth-order valence-electron chi connectivity index (χ4n) is 2.99. The highest BCUT2D eigenvalue weighted by molar-refractivity contribution is 7.92. The summed E-state index contributed by atoms with van der Waals surface area (Å²) in [4.78, 5) is 12.6. The fraction of sp³-hybridized carbons (Fsp3) is 0.562. The van der Waals surface area contributed by atoms with E-state index in [2.05, 4.69) is 10.0 Å². The Morgan fingerprint density at radius 1 is 1.30 bits per heavy atom. The Morgan fingerprint density at radius 3 is 2.59 bits per heavy atom. The van der Waals surface area contributed by atoms with E-state index < -0.39 is 32.0 Å². The first kappa shape index (κ1) is 21.5. The van der Waals surface area contributed by atoms with Crippen LogP contribution in [0.1, 0.15) is 26.2 Å². The zero-order valence-electron chi connectivity index (χ0n) is 15.6. The summed E-state index contributed by atoms with van der Waals surface area (Å²) in [5.41, 5.74) is 0.627. The minimum absolute atomic E-state index is 0.0104. The molecule has 1 atom stereocenters. The number of hydrogen-bond donors (Lipinski definition) is 2. The first-order valence-corrected chi connectivity index (χ1v) is 12.0. The van der Waals surface area contributed by atoms with E-state index in [4.69, 9.17) is 4.74 Å². The molecule has 1 unspecified atom stereocenters. The third-order valence-electron chi connectivity index (χ3n) is 4.09. The van der Waals surface area contributed by atoms with Crippen LogP contribution in [0.4, 0.5) is 11.4 Å². The van der Waals surface area contributed by atoms with E-state index in [-0.39, 0.29) is 17.2 Å². The van der Waals surface area contributed by atoms with E-state index in [1.54, 1.807) is 6.92 Å². The molecular formula is C16H25N3O6S2. The van der Waals surface area contributed by atoms with Crippen molar-refractivity contribution in [2.75, 3.05) is 35.7 Å². The van der Waals surface area contributed by atoms with Gasteiger partial charge in [0, 0.05) is 18.3 Å². The number of methoxy groups -OCH3 is 1. The van der Waals surface area contributed by atoms with Gasteiger partial charge in [0.05, 0.1) is 24.8 Å². The molecule has 0 radical (unpaired) electrons. The van der Waals surface area contributed by atoms with Crippen molar-refractivity contribution in [1.29, 1.82) is 0 Å². The van der Waals surface area contributed by atoms with Crippen molar-refractivity contribution in [2.24, 2.45) is 0 Å². The van der Waals surface area contributed by atoms with Gasteiger partial charge in [-0.1, -0.05) is 6.92 Å². The van der Waals surface area contributed by atoms with Crippen LogP contribution < -0.4 is 14.8 Å². The smallest absolute Gasteiger partial charge is 0.242 e. The Bertz CT molecular complexity index is 899. The number of anilines is 2. The van der Waals surface area contributed by atoms with Crippen LogP contribution in [0.3, 0.4) is 0 Å². The zero-order chi connectivity index (χ0) is 20.2. The van der Waals surface area contributed by atoms with Crippen molar-refractivity contribution in [3.63, 3.8) is 0 Å². The Balaban J connectivity index is 2.17. The molecule has 1 heterocycles. The second-order valence-corrected chi connectivity index (χ2v) is 10.2. The Hall–Kier alpha value is -1.85. The van der Waals surface area contributed by atoms with Crippen LogP contribution in [0.5, 0.6) is 5.75 Å². The van der Waals surface area contributed by atoms with Gasteiger partial charge < -0.3 is 10.1 Å². The molecule has 1 amide bonds. The molecule has 1 aliphatic heterocycles. The topological polar surface area (TPSA) is 122 Å². The third kappa shape index (κ3) is 5.56. The Labute approximate surface area is 160 Å². The molecule has 1 fully saturated rings. The van der Waals surface area contributed by atoms with Crippen LogP contribution in [0.15, 0.2) is 18.2 Å². The number of ether oxygens (including phenoxy) is 1. The summed E-state index contributed by atoms with van der Waals surface area (Å²) >= 11 is 0. The van der Waals surface area contributed by atoms with Crippen molar-refractivity contribution < 1.29 is 26.4 Å². The predicted molar refractivity (Wildman–Crippen MR) is 104 cm³/mol. The lowest BCUT2D eigenvalue weighted by Gasteiger charge is -2.23. The number of rotatable bonds is 8. The molecule has 0 saturated carbocycles. The Morgan fingerprint density at radius 2 is 2.00 bits per heavy atom. The summed E-state index contributed by atoms with van der Waals surface area (Å²) in [7, 11) is -5.56. The lowest BCUT2D eigenvalue weighted by molar-refractivity contribution is -0.119. The number of benzene rings is 1. The molecule has 2 N–H and O–H groups in total. The number of nitrogens with one attached hydrogen (secondary N) is 2. The molecule has 1 aliphatic rings. The second-order valence-electron chi connectivity index (χ2n) is 6.36. The molecule has 27 heavy (non-hydrogen) atoms. The molecule has 0 bridgehead atoms. The quantitative estimate of drug-likeness (QED) is 0.653. The molecular weight excluding hydrogens is 394 g/mol. The predicted octanol–water partition coefficient (Wildman–Crippen LogP) is 1.21. The number of carbonyl (C=O) groups is 1. The van der Waals surface area contributed by atoms with E-state index in [1.807, 2.05) is 0 Å². The van der Waals surface area contributed by atoms with E-state index in [0.717, 1.165) is 6.26 Å². The van der Waals surface area contributed by atoms with Gasteiger partial charge in [-0.15, -0.1) is 0 Å². The largest absolute Gasteiger partial charge is 0.494 e. The number of sulfonamides is 2. The van der Waals surface area contributed by atoms with Gasteiger partial charge in [-0.2, -0.15) is 4.31 Å².